The highest BCUT2D eigenvalue weighted by Crippen LogP contribution is 2.51. The van der Waals surface area contributed by atoms with Crippen LogP contribution in [0.1, 0.15) is 11.1 Å². The SMILES string of the molecule is c1cc(OCc2ccc(-c3ccc(COc4ccsc4-c4scc5c4OCCO5)cn3)nc2)c(-c2scc3c2OCCO3)s1. The average molecular weight is 661 g/mol. The second kappa shape index (κ2) is 12.1. The van der Waals surface area contributed by atoms with Crippen molar-refractivity contribution in [2.24, 2.45) is 0 Å². The topological polar surface area (TPSA) is 81.2 Å². The van der Waals surface area contributed by atoms with Gasteiger partial charge < -0.3 is 28.4 Å². The molecule has 8 heterocycles. The summed E-state index contributed by atoms with van der Waals surface area (Å²) in [5.74, 6) is 4.87. The molecule has 44 heavy (non-hydrogen) atoms. The molecule has 2 aliphatic rings. The number of fused-ring (bicyclic) bond motifs is 2. The van der Waals surface area contributed by atoms with Crippen LogP contribution in [-0.2, 0) is 13.2 Å². The van der Waals surface area contributed by atoms with Crippen LogP contribution in [0.2, 0.25) is 0 Å². The maximum atomic E-state index is 6.20. The van der Waals surface area contributed by atoms with Gasteiger partial charge in [-0.1, -0.05) is 12.1 Å². The Hall–Kier alpha value is -4.10. The van der Waals surface area contributed by atoms with E-state index in [2.05, 4.69) is 9.97 Å². The minimum atomic E-state index is 0.406. The molecule has 0 saturated carbocycles. The number of rotatable bonds is 9. The van der Waals surface area contributed by atoms with E-state index in [1.807, 2.05) is 70.3 Å². The van der Waals surface area contributed by atoms with Gasteiger partial charge in [-0.05, 0) is 35.0 Å². The first-order valence-electron chi connectivity index (χ1n) is 13.9. The Balaban J connectivity index is 0.892. The number of ether oxygens (including phenoxy) is 6. The van der Waals surface area contributed by atoms with Crippen LogP contribution in [0.4, 0.5) is 0 Å². The Labute approximate surface area is 269 Å². The Bertz CT molecular complexity index is 1750. The highest BCUT2D eigenvalue weighted by Gasteiger charge is 2.24. The van der Waals surface area contributed by atoms with Crippen LogP contribution in [0.5, 0.6) is 34.5 Å². The van der Waals surface area contributed by atoms with E-state index in [4.69, 9.17) is 28.4 Å². The molecule has 0 radical (unpaired) electrons. The second-order valence-corrected chi connectivity index (χ2v) is 13.4. The number of hydrogen-bond acceptors (Lipinski definition) is 12. The van der Waals surface area contributed by atoms with Crippen molar-refractivity contribution in [3.8, 4) is 65.4 Å². The molecule has 0 amide bonds. The van der Waals surface area contributed by atoms with Crippen LogP contribution >= 0.6 is 45.3 Å². The molecule has 0 atom stereocenters. The molecule has 8 nitrogen and oxygen atoms in total. The minimum absolute atomic E-state index is 0.406. The first-order valence-corrected chi connectivity index (χ1v) is 17.4. The molecular weight excluding hydrogens is 637 g/mol. The zero-order valence-electron chi connectivity index (χ0n) is 23.1. The van der Waals surface area contributed by atoms with Crippen molar-refractivity contribution in [1.82, 2.24) is 9.97 Å². The van der Waals surface area contributed by atoms with E-state index in [0.29, 0.717) is 39.6 Å². The van der Waals surface area contributed by atoms with Gasteiger partial charge in [0.1, 0.15) is 51.1 Å². The number of thiophene rings is 4. The highest BCUT2D eigenvalue weighted by molar-refractivity contribution is 7.21. The van der Waals surface area contributed by atoms with Crippen molar-refractivity contribution >= 4 is 45.3 Å². The summed E-state index contributed by atoms with van der Waals surface area (Å²) in [6.45, 7) is 3.08. The Morgan fingerprint density at radius 1 is 0.545 bits per heavy atom. The standard InChI is InChI=1S/C32H24N2O6S4/c1-3-21(33-13-19(1)15-39-23-5-11-41-29(23)31-27-25(17-43-31)35-7-9-37-27)22-4-2-20(14-34-22)16-40-24-6-12-42-30(24)32-28-26(18-44-32)36-8-10-38-28/h1-6,11-14,17-18H,7-10,15-16H2. The number of pyridine rings is 2. The van der Waals surface area contributed by atoms with Crippen molar-refractivity contribution < 1.29 is 28.4 Å². The molecule has 6 aromatic heterocycles. The average Bonchev–Trinajstić information content (AvgIpc) is 3.89. The molecule has 0 unspecified atom stereocenters. The molecule has 8 rings (SSSR count). The van der Waals surface area contributed by atoms with E-state index in [9.17, 15) is 0 Å². The fourth-order valence-corrected chi connectivity index (χ4v) is 8.70. The zero-order chi connectivity index (χ0) is 29.3. The summed E-state index contributed by atoms with van der Waals surface area (Å²) in [5, 5.41) is 8.05. The fourth-order valence-electron chi connectivity index (χ4n) is 4.84. The van der Waals surface area contributed by atoms with Gasteiger partial charge in [-0.25, -0.2) is 0 Å². The highest BCUT2D eigenvalue weighted by atomic mass is 32.1. The predicted octanol–water partition coefficient (Wildman–Crippen LogP) is 8.42. The first-order chi connectivity index (χ1) is 21.8. The lowest BCUT2D eigenvalue weighted by molar-refractivity contribution is 0.174. The molecule has 6 aromatic rings. The molecule has 222 valence electrons. The molecule has 2 aliphatic heterocycles. The molecule has 0 bridgehead atoms. The molecule has 0 spiro atoms. The van der Waals surface area contributed by atoms with Crippen LogP contribution in [0, 0.1) is 0 Å². The van der Waals surface area contributed by atoms with E-state index in [1.165, 1.54) is 0 Å². The van der Waals surface area contributed by atoms with Crippen molar-refractivity contribution in [3.63, 3.8) is 0 Å². The van der Waals surface area contributed by atoms with Gasteiger partial charge in [0.25, 0.3) is 0 Å². The van der Waals surface area contributed by atoms with Gasteiger partial charge in [0.05, 0.1) is 30.9 Å². The molecule has 0 aromatic carbocycles. The van der Waals surface area contributed by atoms with Gasteiger partial charge in [0.2, 0.25) is 0 Å². The maximum Gasteiger partial charge on any atom is 0.180 e. The van der Waals surface area contributed by atoms with Crippen molar-refractivity contribution in [2.75, 3.05) is 26.4 Å². The number of nitrogens with zero attached hydrogens (tertiary/aromatic N) is 2. The van der Waals surface area contributed by atoms with Crippen LogP contribution in [0.15, 0.2) is 70.3 Å². The van der Waals surface area contributed by atoms with Gasteiger partial charge in [0, 0.05) is 34.3 Å². The van der Waals surface area contributed by atoms with E-state index in [-0.39, 0.29) is 0 Å². The Morgan fingerprint density at radius 2 is 1.02 bits per heavy atom. The van der Waals surface area contributed by atoms with Crippen LogP contribution in [0.3, 0.4) is 0 Å². The number of hydrogen-bond donors (Lipinski definition) is 0. The van der Waals surface area contributed by atoms with Crippen molar-refractivity contribution in [2.45, 2.75) is 13.2 Å². The lowest BCUT2D eigenvalue weighted by Gasteiger charge is -2.16. The quantitative estimate of drug-likeness (QED) is 0.153. The Kier molecular flexibility index (Phi) is 7.56. The molecule has 0 fully saturated rings. The van der Waals surface area contributed by atoms with Crippen LogP contribution in [-0.4, -0.2) is 36.4 Å². The normalized spacial score (nSPS) is 13.5. The smallest absolute Gasteiger partial charge is 0.180 e. The van der Waals surface area contributed by atoms with E-state index >= 15 is 0 Å². The summed E-state index contributed by atoms with van der Waals surface area (Å²) in [5.41, 5.74) is 3.53. The summed E-state index contributed by atoms with van der Waals surface area (Å²) in [7, 11) is 0. The first kappa shape index (κ1) is 27.4. The lowest BCUT2D eigenvalue weighted by Crippen LogP contribution is -2.14. The maximum absolute atomic E-state index is 6.20. The third kappa shape index (κ3) is 5.38. The summed E-state index contributed by atoms with van der Waals surface area (Å²) in [6.07, 6.45) is 3.67. The van der Waals surface area contributed by atoms with E-state index < -0.39 is 0 Å². The molecular formula is C32H24N2O6S4. The van der Waals surface area contributed by atoms with Crippen LogP contribution in [0.25, 0.3) is 30.9 Å². The van der Waals surface area contributed by atoms with Crippen molar-refractivity contribution in [3.05, 3.63) is 81.4 Å². The molecule has 0 saturated heterocycles. The molecule has 12 heteroatoms. The summed E-state index contributed by atoms with van der Waals surface area (Å²) in [6, 6.07) is 12.0. The van der Waals surface area contributed by atoms with Crippen molar-refractivity contribution in [1.29, 1.82) is 0 Å². The monoisotopic (exact) mass is 660 g/mol. The van der Waals surface area contributed by atoms with Gasteiger partial charge in [-0.15, -0.1) is 45.3 Å². The number of aromatic nitrogens is 2. The second-order valence-electron chi connectivity index (χ2n) is 9.82. The van der Waals surface area contributed by atoms with Gasteiger partial charge in [-0.2, -0.15) is 0 Å². The van der Waals surface area contributed by atoms with E-state index in [0.717, 1.165) is 76.5 Å². The third-order valence-electron chi connectivity index (χ3n) is 6.97. The van der Waals surface area contributed by atoms with E-state index in [1.54, 1.807) is 45.3 Å². The predicted molar refractivity (Wildman–Crippen MR) is 173 cm³/mol. The fraction of sp³-hybridized carbons (Fsp3) is 0.188. The molecule has 0 N–H and O–H groups in total. The summed E-state index contributed by atoms with van der Waals surface area (Å²) >= 11 is 6.49. The zero-order valence-corrected chi connectivity index (χ0v) is 26.4. The van der Waals surface area contributed by atoms with Gasteiger partial charge in [-0.3, -0.25) is 9.97 Å². The third-order valence-corrected chi connectivity index (χ3v) is 11.0. The van der Waals surface area contributed by atoms with Gasteiger partial charge >= 0.3 is 0 Å². The van der Waals surface area contributed by atoms with Crippen LogP contribution < -0.4 is 28.4 Å². The summed E-state index contributed by atoms with van der Waals surface area (Å²) < 4.78 is 35.5. The molecule has 0 aliphatic carbocycles. The summed E-state index contributed by atoms with van der Waals surface area (Å²) in [4.78, 5) is 13.5. The Morgan fingerprint density at radius 3 is 1.48 bits per heavy atom. The largest absolute Gasteiger partial charge is 0.487 e. The van der Waals surface area contributed by atoms with Gasteiger partial charge in [0.15, 0.2) is 23.0 Å². The lowest BCUT2D eigenvalue weighted by atomic mass is 10.2. The minimum Gasteiger partial charge on any atom is -0.487 e.